The van der Waals surface area contributed by atoms with Crippen LogP contribution in [-0.4, -0.2) is 30.3 Å². The van der Waals surface area contributed by atoms with E-state index in [1.807, 2.05) is 0 Å². The van der Waals surface area contributed by atoms with Crippen LogP contribution in [0.1, 0.15) is 18.9 Å². The molecule has 0 aromatic carbocycles. The molecule has 0 fully saturated rings. The highest BCUT2D eigenvalue weighted by atomic mass is 16.5. The number of rotatable bonds is 6. The van der Waals surface area contributed by atoms with Gasteiger partial charge in [0, 0.05) is 5.56 Å². The minimum absolute atomic E-state index is 0.391. The summed E-state index contributed by atoms with van der Waals surface area (Å²) in [6, 6.07) is 0. The van der Waals surface area contributed by atoms with Gasteiger partial charge in [0.15, 0.2) is 0 Å². The van der Waals surface area contributed by atoms with E-state index in [2.05, 4.69) is 4.98 Å². The van der Waals surface area contributed by atoms with E-state index in [1.165, 1.54) is 0 Å². The Balaban J connectivity index is 2.84. The predicted octanol–water partition coefficient (Wildman–Crippen LogP) is 1.75. The van der Waals surface area contributed by atoms with Crippen LogP contribution in [0.5, 0.6) is 11.5 Å². The van der Waals surface area contributed by atoms with E-state index in [4.69, 9.17) is 14.6 Å². The van der Waals surface area contributed by atoms with Crippen molar-refractivity contribution in [1.82, 2.24) is 4.98 Å². The molecule has 1 atom stereocenters. The molecule has 0 bridgehead atoms. The molecule has 0 aliphatic rings. The maximum atomic E-state index is 10.8. The Morgan fingerprint density at radius 2 is 1.88 bits per heavy atom. The molecule has 0 spiro atoms. The lowest BCUT2D eigenvalue weighted by Crippen LogP contribution is -2.11. The summed E-state index contributed by atoms with van der Waals surface area (Å²) in [6.07, 6.45) is 4.32. The molecule has 1 N–H and O–H groups in total. The van der Waals surface area contributed by atoms with Gasteiger partial charge < -0.3 is 14.6 Å². The second kappa shape index (κ2) is 6.08. The average molecular weight is 239 g/mol. The van der Waals surface area contributed by atoms with E-state index in [1.54, 1.807) is 33.5 Å². The number of ether oxygens (including phenoxy) is 2. The lowest BCUT2D eigenvalue weighted by Gasteiger charge is -2.13. The first-order chi connectivity index (χ1) is 8.10. The highest BCUT2D eigenvalue weighted by molar-refractivity contribution is 5.69. The van der Waals surface area contributed by atoms with Crippen molar-refractivity contribution in [3.63, 3.8) is 0 Å². The number of hydrogen-bond acceptors (Lipinski definition) is 4. The van der Waals surface area contributed by atoms with Crippen LogP contribution in [0.3, 0.4) is 0 Å². The van der Waals surface area contributed by atoms with Crippen molar-refractivity contribution in [2.75, 3.05) is 14.2 Å². The molecule has 0 saturated carbocycles. The van der Waals surface area contributed by atoms with Gasteiger partial charge in [-0.25, -0.2) is 0 Å². The Bertz CT molecular complexity index is 370. The molecule has 5 nitrogen and oxygen atoms in total. The summed E-state index contributed by atoms with van der Waals surface area (Å²) >= 11 is 0. The van der Waals surface area contributed by atoms with E-state index in [0.717, 1.165) is 5.56 Å². The van der Waals surface area contributed by atoms with Gasteiger partial charge in [-0.05, 0) is 12.8 Å². The average Bonchev–Trinajstić information content (AvgIpc) is 2.34. The van der Waals surface area contributed by atoms with E-state index >= 15 is 0 Å². The number of carboxylic acids is 1. The molecule has 0 saturated heterocycles. The Hall–Kier alpha value is -1.78. The Kier molecular flexibility index (Phi) is 4.75. The number of hydrogen-bond donors (Lipinski definition) is 1. The van der Waals surface area contributed by atoms with Crippen LogP contribution in [0.15, 0.2) is 12.4 Å². The molecule has 1 rings (SSSR count). The highest BCUT2D eigenvalue weighted by Crippen LogP contribution is 2.28. The van der Waals surface area contributed by atoms with Gasteiger partial charge in [-0.2, -0.15) is 0 Å². The van der Waals surface area contributed by atoms with Crippen LogP contribution in [0.25, 0.3) is 0 Å². The SMILES string of the molecule is COc1cncc(OC)c1CCC(C)C(=O)O. The highest BCUT2D eigenvalue weighted by Gasteiger charge is 2.15. The summed E-state index contributed by atoms with van der Waals surface area (Å²) in [5, 5.41) is 8.84. The Morgan fingerprint density at radius 1 is 1.35 bits per heavy atom. The van der Waals surface area contributed by atoms with Crippen LogP contribution in [-0.2, 0) is 11.2 Å². The summed E-state index contributed by atoms with van der Waals surface area (Å²) in [4.78, 5) is 14.7. The molecule has 1 heterocycles. The summed E-state index contributed by atoms with van der Waals surface area (Å²) in [5.74, 6) is 0.0680. The topological polar surface area (TPSA) is 68.7 Å². The molecule has 17 heavy (non-hydrogen) atoms. The molecular formula is C12H17NO4. The standard InChI is InChI=1S/C12H17NO4/c1-8(12(14)15)4-5-9-10(16-2)6-13-7-11(9)17-3/h6-8H,4-5H2,1-3H3,(H,14,15). The number of pyridine rings is 1. The first-order valence-corrected chi connectivity index (χ1v) is 5.37. The Morgan fingerprint density at radius 3 is 2.29 bits per heavy atom. The zero-order valence-electron chi connectivity index (χ0n) is 10.3. The van der Waals surface area contributed by atoms with Crippen LogP contribution in [0.4, 0.5) is 0 Å². The van der Waals surface area contributed by atoms with Crippen molar-refractivity contribution < 1.29 is 19.4 Å². The molecule has 0 aliphatic carbocycles. The zero-order chi connectivity index (χ0) is 12.8. The monoisotopic (exact) mass is 239 g/mol. The van der Waals surface area contributed by atoms with Crippen LogP contribution in [0, 0.1) is 5.92 Å². The van der Waals surface area contributed by atoms with Gasteiger partial charge in [0.1, 0.15) is 11.5 Å². The van der Waals surface area contributed by atoms with Crippen molar-refractivity contribution in [2.24, 2.45) is 5.92 Å². The predicted molar refractivity (Wildman–Crippen MR) is 62.5 cm³/mol. The third-order valence-corrected chi connectivity index (χ3v) is 2.67. The van der Waals surface area contributed by atoms with Gasteiger partial charge in [0.05, 0.1) is 32.5 Å². The fraction of sp³-hybridized carbons (Fsp3) is 0.500. The minimum Gasteiger partial charge on any atom is -0.495 e. The van der Waals surface area contributed by atoms with E-state index < -0.39 is 11.9 Å². The second-order valence-electron chi connectivity index (χ2n) is 3.80. The van der Waals surface area contributed by atoms with Gasteiger partial charge in [-0.1, -0.05) is 6.92 Å². The van der Waals surface area contributed by atoms with Gasteiger partial charge >= 0.3 is 5.97 Å². The molecule has 94 valence electrons. The van der Waals surface area contributed by atoms with Crippen LogP contribution >= 0.6 is 0 Å². The van der Waals surface area contributed by atoms with Crippen LogP contribution in [0.2, 0.25) is 0 Å². The van der Waals surface area contributed by atoms with Gasteiger partial charge in [-0.15, -0.1) is 0 Å². The largest absolute Gasteiger partial charge is 0.495 e. The maximum Gasteiger partial charge on any atom is 0.306 e. The molecule has 0 amide bonds. The fourth-order valence-electron chi connectivity index (χ4n) is 1.53. The summed E-state index contributed by atoms with van der Waals surface area (Å²) in [6.45, 7) is 1.68. The lowest BCUT2D eigenvalue weighted by molar-refractivity contribution is -0.141. The number of aromatic nitrogens is 1. The number of aliphatic carboxylic acids is 1. The summed E-state index contributed by atoms with van der Waals surface area (Å²) in [7, 11) is 3.11. The first-order valence-electron chi connectivity index (χ1n) is 5.37. The quantitative estimate of drug-likeness (QED) is 0.819. The van der Waals surface area contributed by atoms with E-state index in [9.17, 15) is 4.79 Å². The van der Waals surface area contributed by atoms with E-state index in [-0.39, 0.29) is 0 Å². The third-order valence-electron chi connectivity index (χ3n) is 2.67. The zero-order valence-corrected chi connectivity index (χ0v) is 10.3. The third kappa shape index (κ3) is 3.34. The van der Waals surface area contributed by atoms with Gasteiger partial charge in [0.2, 0.25) is 0 Å². The first kappa shape index (κ1) is 13.3. The molecular weight excluding hydrogens is 222 g/mol. The molecule has 0 radical (unpaired) electrons. The number of carboxylic acid groups (broad SMARTS) is 1. The fourth-order valence-corrected chi connectivity index (χ4v) is 1.53. The summed E-state index contributed by atoms with van der Waals surface area (Å²) in [5.41, 5.74) is 0.859. The van der Waals surface area contributed by atoms with Crippen molar-refractivity contribution in [3.05, 3.63) is 18.0 Å². The van der Waals surface area contributed by atoms with Crippen molar-refractivity contribution in [1.29, 1.82) is 0 Å². The van der Waals surface area contributed by atoms with Crippen molar-refractivity contribution in [2.45, 2.75) is 19.8 Å². The molecule has 1 aromatic rings. The van der Waals surface area contributed by atoms with Gasteiger partial charge in [0.25, 0.3) is 0 Å². The normalized spacial score (nSPS) is 11.9. The maximum absolute atomic E-state index is 10.8. The van der Waals surface area contributed by atoms with E-state index in [0.29, 0.717) is 24.3 Å². The molecule has 1 unspecified atom stereocenters. The number of carbonyl (C=O) groups is 1. The molecule has 0 aliphatic heterocycles. The molecule has 1 aromatic heterocycles. The smallest absolute Gasteiger partial charge is 0.306 e. The number of nitrogens with zero attached hydrogens (tertiary/aromatic N) is 1. The minimum atomic E-state index is -0.794. The summed E-state index contributed by atoms with van der Waals surface area (Å²) < 4.78 is 10.4. The van der Waals surface area contributed by atoms with Gasteiger partial charge in [-0.3, -0.25) is 9.78 Å². The molecule has 5 heteroatoms. The van der Waals surface area contributed by atoms with Crippen molar-refractivity contribution in [3.8, 4) is 11.5 Å². The second-order valence-corrected chi connectivity index (χ2v) is 3.80. The Labute approximate surface area is 100 Å². The number of methoxy groups -OCH3 is 2. The van der Waals surface area contributed by atoms with Crippen LogP contribution < -0.4 is 9.47 Å². The lowest BCUT2D eigenvalue weighted by atomic mass is 10.0. The van der Waals surface area contributed by atoms with Crippen molar-refractivity contribution >= 4 is 5.97 Å².